The van der Waals surface area contributed by atoms with Crippen molar-refractivity contribution in [3.63, 3.8) is 0 Å². The van der Waals surface area contributed by atoms with Crippen molar-refractivity contribution in [1.82, 2.24) is 0 Å². The Morgan fingerprint density at radius 3 is 2.57 bits per heavy atom. The van der Waals surface area contributed by atoms with Gasteiger partial charge in [0, 0.05) is 18.1 Å². The van der Waals surface area contributed by atoms with Gasteiger partial charge in [-0.3, -0.25) is 4.99 Å². The summed E-state index contributed by atoms with van der Waals surface area (Å²) in [6.07, 6.45) is 4.09. The number of hydrogen-bond acceptors (Lipinski definition) is 2. The highest BCUT2D eigenvalue weighted by Gasteiger charge is 2.56. The van der Waals surface area contributed by atoms with Crippen LogP contribution in [0.4, 0.5) is 0 Å². The highest BCUT2D eigenvalue weighted by Crippen LogP contribution is 2.61. The molecule has 1 saturated carbocycles. The van der Waals surface area contributed by atoms with Crippen LogP contribution in [0.3, 0.4) is 0 Å². The van der Waals surface area contributed by atoms with E-state index in [4.69, 9.17) is 5.73 Å². The van der Waals surface area contributed by atoms with Crippen LogP contribution in [0.1, 0.15) is 5.56 Å². The second-order valence-corrected chi connectivity index (χ2v) is 3.90. The number of hydrogen-bond donors (Lipinski definition) is 1. The van der Waals surface area contributed by atoms with E-state index in [1.807, 2.05) is 36.5 Å². The van der Waals surface area contributed by atoms with Gasteiger partial charge in [-0.15, -0.1) is 0 Å². The molecule has 0 aliphatic heterocycles. The van der Waals surface area contributed by atoms with E-state index in [9.17, 15) is 0 Å². The van der Waals surface area contributed by atoms with Gasteiger partial charge in [0.05, 0.1) is 0 Å². The molecule has 70 valence electrons. The molecule has 0 spiro atoms. The van der Waals surface area contributed by atoms with Crippen LogP contribution in [0.2, 0.25) is 0 Å². The maximum absolute atomic E-state index is 5.91. The Labute approximate surface area is 83.2 Å². The first-order valence-electron chi connectivity index (χ1n) is 4.92. The number of rotatable bonds is 3. The van der Waals surface area contributed by atoms with E-state index < -0.39 is 0 Å². The maximum atomic E-state index is 5.91. The zero-order chi connectivity index (χ0) is 9.54. The molecule has 0 aromatic heterocycles. The molecule has 0 amide bonds. The highest BCUT2D eigenvalue weighted by atomic mass is 15.0. The Bertz CT molecular complexity index is 406. The summed E-state index contributed by atoms with van der Waals surface area (Å²) < 4.78 is 0. The van der Waals surface area contributed by atoms with Gasteiger partial charge in [-0.2, -0.15) is 0 Å². The first kappa shape index (κ1) is 7.94. The third-order valence-corrected chi connectivity index (χ3v) is 2.87. The fourth-order valence-electron chi connectivity index (χ4n) is 1.79. The lowest BCUT2D eigenvalue weighted by atomic mass is 10.2. The lowest BCUT2D eigenvalue weighted by molar-refractivity contribution is 0.600. The summed E-state index contributed by atoms with van der Waals surface area (Å²) in [5.41, 5.74) is 8.54. The van der Waals surface area contributed by atoms with E-state index >= 15 is 0 Å². The maximum Gasteiger partial charge on any atom is 0.104 e. The first-order chi connectivity index (χ1) is 6.86. The minimum atomic E-state index is -0.0276. The van der Waals surface area contributed by atoms with Crippen LogP contribution in [0.5, 0.6) is 0 Å². The molecule has 1 fully saturated rings. The normalized spacial score (nSPS) is 29.6. The molecule has 0 saturated heterocycles. The zero-order valence-corrected chi connectivity index (χ0v) is 7.80. The van der Waals surface area contributed by atoms with E-state index in [0.717, 1.165) is 11.5 Å². The van der Waals surface area contributed by atoms with Crippen molar-refractivity contribution in [2.45, 2.75) is 6.17 Å². The van der Waals surface area contributed by atoms with E-state index in [-0.39, 0.29) is 6.17 Å². The van der Waals surface area contributed by atoms with E-state index in [0.29, 0.717) is 5.92 Å². The van der Waals surface area contributed by atoms with Crippen molar-refractivity contribution in [1.29, 1.82) is 0 Å². The quantitative estimate of drug-likeness (QED) is 0.562. The van der Waals surface area contributed by atoms with Gasteiger partial charge in [-0.1, -0.05) is 42.0 Å². The van der Waals surface area contributed by atoms with Gasteiger partial charge in [0.2, 0.25) is 0 Å². The lowest BCUT2D eigenvalue weighted by Gasteiger charge is -2.05. The number of allylic oxidation sites excluding steroid dienone is 1. The summed E-state index contributed by atoms with van der Waals surface area (Å²) in [6, 6.07) is 10.1. The van der Waals surface area contributed by atoms with Crippen LogP contribution in [-0.4, -0.2) is 12.4 Å². The average molecular weight is 184 g/mol. The van der Waals surface area contributed by atoms with E-state index in [1.165, 1.54) is 5.57 Å². The second kappa shape index (κ2) is 2.79. The fourth-order valence-corrected chi connectivity index (χ4v) is 1.79. The van der Waals surface area contributed by atoms with Gasteiger partial charge < -0.3 is 5.73 Å². The third kappa shape index (κ3) is 1.28. The van der Waals surface area contributed by atoms with Gasteiger partial charge in [-0.25, -0.2) is 0 Å². The smallest absolute Gasteiger partial charge is 0.104 e. The topological polar surface area (TPSA) is 38.4 Å². The molecule has 2 aliphatic rings. The van der Waals surface area contributed by atoms with E-state index in [2.05, 4.69) is 11.1 Å². The Morgan fingerprint density at radius 2 is 2.00 bits per heavy atom. The Kier molecular flexibility index (Phi) is 1.58. The van der Waals surface area contributed by atoms with Crippen LogP contribution in [0.25, 0.3) is 0 Å². The molecule has 0 bridgehead atoms. The number of nitrogens with two attached hydrogens (primary N) is 1. The summed E-state index contributed by atoms with van der Waals surface area (Å²) in [6.45, 7) is 0. The summed E-state index contributed by atoms with van der Waals surface area (Å²) in [5, 5.41) is 0. The standard InChI is InChI=1S/C12H12N2/c13-12(11-9-6-10(9)11)14-7-8-4-2-1-3-5-8/h1-7,9,11-12H,13H2/t9-,11?,12?/m0/s1. The van der Waals surface area contributed by atoms with Gasteiger partial charge in [0.15, 0.2) is 0 Å². The molecule has 2 heteroatoms. The van der Waals surface area contributed by atoms with Crippen molar-refractivity contribution in [2.24, 2.45) is 22.6 Å². The Morgan fingerprint density at radius 1 is 1.29 bits per heavy atom. The highest BCUT2D eigenvalue weighted by molar-refractivity contribution is 5.79. The molecule has 2 unspecified atom stereocenters. The minimum Gasteiger partial charge on any atom is -0.309 e. The lowest BCUT2D eigenvalue weighted by Crippen LogP contribution is -2.22. The first-order valence-corrected chi connectivity index (χ1v) is 4.92. The molecule has 0 heterocycles. The number of nitrogens with zero attached hydrogens (tertiary/aromatic N) is 1. The van der Waals surface area contributed by atoms with E-state index in [1.54, 1.807) is 0 Å². The van der Waals surface area contributed by atoms with Crippen LogP contribution in [0, 0.1) is 11.8 Å². The summed E-state index contributed by atoms with van der Waals surface area (Å²) in [7, 11) is 0. The van der Waals surface area contributed by atoms with Crippen LogP contribution in [0.15, 0.2) is 47.0 Å². The molecule has 14 heavy (non-hydrogen) atoms. The summed E-state index contributed by atoms with van der Waals surface area (Å²) in [5.74, 6) is 1.29. The predicted molar refractivity (Wildman–Crippen MR) is 57.1 cm³/mol. The number of benzene rings is 1. The van der Waals surface area contributed by atoms with Crippen molar-refractivity contribution in [2.75, 3.05) is 0 Å². The van der Waals surface area contributed by atoms with Gasteiger partial charge in [-0.05, 0) is 5.56 Å². The number of aliphatic imine (C=N–C) groups is 1. The SMILES string of the molecule is NC(N=Cc1ccccc1)C1C2=C[C@@H]21. The van der Waals surface area contributed by atoms with Crippen molar-refractivity contribution in [3.05, 3.63) is 47.5 Å². The molecule has 2 aliphatic carbocycles. The Hall–Kier alpha value is -1.41. The van der Waals surface area contributed by atoms with Gasteiger partial charge >= 0.3 is 0 Å². The molecule has 3 rings (SSSR count). The van der Waals surface area contributed by atoms with Crippen LogP contribution in [-0.2, 0) is 0 Å². The largest absolute Gasteiger partial charge is 0.309 e. The molecule has 2 N–H and O–H groups in total. The summed E-state index contributed by atoms with van der Waals surface area (Å²) in [4.78, 5) is 4.35. The van der Waals surface area contributed by atoms with Crippen LogP contribution >= 0.6 is 0 Å². The third-order valence-electron chi connectivity index (χ3n) is 2.87. The Balaban J connectivity index is 1.66. The fraction of sp³-hybridized carbons (Fsp3) is 0.250. The molecule has 1 aromatic carbocycles. The summed E-state index contributed by atoms with van der Waals surface area (Å²) >= 11 is 0. The van der Waals surface area contributed by atoms with Gasteiger partial charge in [0.1, 0.15) is 6.17 Å². The van der Waals surface area contributed by atoms with Crippen molar-refractivity contribution >= 4 is 6.21 Å². The molecule has 2 nitrogen and oxygen atoms in total. The monoisotopic (exact) mass is 184 g/mol. The molecular weight excluding hydrogens is 172 g/mol. The molecule has 1 aromatic rings. The zero-order valence-electron chi connectivity index (χ0n) is 7.80. The van der Waals surface area contributed by atoms with Crippen LogP contribution < -0.4 is 5.73 Å². The molecule has 0 radical (unpaired) electrons. The number of fused-ring (bicyclic) bond motifs is 1. The predicted octanol–water partition coefficient (Wildman–Crippen LogP) is 1.58. The van der Waals surface area contributed by atoms with Crippen molar-refractivity contribution in [3.8, 4) is 0 Å². The van der Waals surface area contributed by atoms with Crippen molar-refractivity contribution < 1.29 is 0 Å². The molecule has 3 atom stereocenters. The molecular formula is C12H12N2. The second-order valence-electron chi connectivity index (χ2n) is 3.90. The minimum absolute atomic E-state index is 0.0276. The average Bonchev–Trinajstić information content (AvgIpc) is 3.05. The van der Waals surface area contributed by atoms with Gasteiger partial charge in [0.25, 0.3) is 0 Å².